The van der Waals surface area contributed by atoms with E-state index in [4.69, 9.17) is 0 Å². The van der Waals surface area contributed by atoms with Crippen LogP contribution in [0.5, 0.6) is 0 Å². The van der Waals surface area contributed by atoms with Crippen LogP contribution in [0.4, 0.5) is 0 Å². The first-order valence-corrected chi connectivity index (χ1v) is 13.7. The highest BCUT2D eigenvalue weighted by molar-refractivity contribution is 5.44. The molecule has 0 bridgehead atoms. The summed E-state index contributed by atoms with van der Waals surface area (Å²) in [6.45, 7) is 11.8. The molecule has 0 amide bonds. The van der Waals surface area contributed by atoms with Gasteiger partial charge in [0.15, 0.2) is 0 Å². The van der Waals surface area contributed by atoms with Crippen LogP contribution in [0.1, 0.15) is 81.9 Å². The lowest BCUT2D eigenvalue weighted by molar-refractivity contribution is -0.0215. The highest BCUT2D eigenvalue weighted by Crippen LogP contribution is 2.66. The second-order valence-electron chi connectivity index (χ2n) is 12.2. The SMILES string of the molecule is C=CC(C1=CCC2C3CC=C4C[C@@H](n5cccc5)CC[C@]4(C)C3CC[C@]12C)c1ccccc1C. The van der Waals surface area contributed by atoms with Crippen LogP contribution in [-0.4, -0.2) is 4.57 Å². The number of nitrogens with zero attached hydrogens (tertiary/aromatic N) is 1. The van der Waals surface area contributed by atoms with Gasteiger partial charge in [0.1, 0.15) is 0 Å². The van der Waals surface area contributed by atoms with Gasteiger partial charge in [0.25, 0.3) is 0 Å². The number of allylic oxidation sites excluding steroid dienone is 5. The Morgan fingerprint density at radius 1 is 0.941 bits per heavy atom. The molecule has 6 rings (SSSR count). The Bertz CT molecular complexity index is 1130. The maximum atomic E-state index is 4.31. The third kappa shape index (κ3) is 3.19. The summed E-state index contributed by atoms with van der Waals surface area (Å²) in [4.78, 5) is 0. The van der Waals surface area contributed by atoms with Crippen LogP contribution in [0.25, 0.3) is 0 Å². The largest absolute Gasteiger partial charge is 0.351 e. The second kappa shape index (κ2) is 8.14. The molecule has 4 aliphatic carbocycles. The summed E-state index contributed by atoms with van der Waals surface area (Å²) in [5, 5.41) is 0. The molecule has 1 aromatic heterocycles. The van der Waals surface area contributed by atoms with E-state index in [1.54, 1.807) is 11.1 Å². The van der Waals surface area contributed by atoms with E-state index in [-0.39, 0.29) is 0 Å². The number of aryl methyl sites for hydroxylation is 1. The first-order chi connectivity index (χ1) is 16.5. The molecule has 7 atom stereocenters. The van der Waals surface area contributed by atoms with Crippen molar-refractivity contribution in [2.75, 3.05) is 0 Å². The van der Waals surface area contributed by atoms with E-state index in [0.29, 0.717) is 22.8 Å². The Labute approximate surface area is 206 Å². The van der Waals surface area contributed by atoms with E-state index in [2.05, 4.69) is 98.9 Å². The number of hydrogen-bond donors (Lipinski definition) is 0. The second-order valence-corrected chi connectivity index (χ2v) is 12.2. The van der Waals surface area contributed by atoms with Gasteiger partial charge in [-0.15, -0.1) is 6.58 Å². The first kappa shape index (κ1) is 22.2. The maximum Gasteiger partial charge on any atom is 0.0368 e. The monoisotopic (exact) mass is 451 g/mol. The summed E-state index contributed by atoms with van der Waals surface area (Å²) in [7, 11) is 0. The van der Waals surface area contributed by atoms with Gasteiger partial charge in [0.05, 0.1) is 0 Å². The zero-order valence-electron chi connectivity index (χ0n) is 21.3. The van der Waals surface area contributed by atoms with Crippen LogP contribution >= 0.6 is 0 Å². The average molecular weight is 452 g/mol. The van der Waals surface area contributed by atoms with Crippen molar-refractivity contribution in [2.24, 2.45) is 28.6 Å². The van der Waals surface area contributed by atoms with Crippen LogP contribution in [0, 0.1) is 35.5 Å². The standard InChI is InChI=1S/C33H41N/c1-5-26(27-11-7-6-10-23(27)2)29-14-15-30-28-13-12-24-22-25(34-20-8-9-21-34)16-18-32(24,3)31(28)17-19-33(29,30)4/h5-12,14,20-21,25-26,28,30-31H,1,13,15-19,22H2,2-4H3/t25-,26?,28?,30?,31?,32-,33+/m0/s1. The third-order valence-electron chi connectivity index (χ3n) is 10.9. The quantitative estimate of drug-likeness (QED) is 0.409. The van der Waals surface area contributed by atoms with Crippen molar-refractivity contribution in [1.29, 1.82) is 0 Å². The number of benzene rings is 1. The van der Waals surface area contributed by atoms with Gasteiger partial charge in [-0.2, -0.15) is 0 Å². The molecule has 4 aliphatic rings. The summed E-state index contributed by atoms with van der Waals surface area (Å²) in [5.41, 5.74) is 7.01. The first-order valence-electron chi connectivity index (χ1n) is 13.7. The molecule has 0 saturated heterocycles. The molecule has 178 valence electrons. The number of rotatable bonds is 4. The van der Waals surface area contributed by atoms with E-state index in [1.165, 1.54) is 56.1 Å². The lowest BCUT2D eigenvalue weighted by Gasteiger charge is -2.58. The Kier molecular flexibility index (Phi) is 5.32. The highest BCUT2D eigenvalue weighted by atomic mass is 15.0. The molecule has 0 spiro atoms. The average Bonchev–Trinajstić information content (AvgIpc) is 3.49. The summed E-state index contributed by atoms with van der Waals surface area (Å²) >= 11 is 0. The number of fused-ring (bicyclic) bond motifs is 5. The fourth-order valence-electron chi connectivity index (χ4n) is 8.93. The molecular formula is C33H41N. The zero-order chi connectivity index (χ0) is 23.5. The van der Waals surface area contributed by atoms with Gasteiger partial charge in [-0.1, -0.05) is 67.5 Å². The summed E-state index contributed by atoms with van der Waals surface area (Å²) in [6.07, 6.45) is 21.3. The minimum Gasteiger partial charge on any atom is -0.351 e. The Balaban J connectivity index is 1.28. The smallest absolute Gasteiger partial charge is 0.0368 e. The van der Waals surface area contributed by atoms with E-state index < -0.39 is 0 Å². The van der Waals surface area contributed by atoms with Crippen molar-refractivity contribution in [2.45, 2.75) is 77.7 Å². The molecule has 1 aromatic carbocycles. The predicted molar refractivity (Wildman–Crippen MR) is 143 cm³/mol. The van der Waals surface area contributed by atoms with Crippen LogP contribution in [0.15, 0.2) is 84.7 Å². The van der Waals surface area contributed by atoms with Gasteiger partial charge < -0.3 is 4.57 Å². The van der Waals surface area contributed by atoms with Gasteiger partial charge in [0, 0.05) is 24.4 Å². The normalized spacial score (nSPS) is 37.6. The van der Waals surface area contributed by atoms with Gasteiger partial charge in [-0.3, -0.25) is 0 Å². The molecule has 34 heavy (non-hydrogen) atoms. The number of aromatic nitrogens is 1. The van der Waals surface area contributed by atoms with Crippen molar-refractivity contribution < 1.29 is 0 Å². The lowest BCUT2D eigenvalue weighted by atomic mass is 9.47. The van der Waals surface area contributed by atoms with Crippen molar-refractivity contribution in [3.05, 3.63) is 95.9 Å². The Hall–Kier alpha value is -2.28. The van der Waals surface area contributed by atoms with Crippen molar-refractivity contribution >= 4 is 0 Å². The molecule has 4 unspecified atom stereocenters. The predicted octanol–water partition coefficient (Wildman–Crippen LogP) is 8.81. The maximum absolute atomic E-state index is 4.31. The highest BCUT2D eigenvalue weighted by Gasteiger charge is 2.57. The lowest BCUT2D eigenvalue weighted by Crippen LogP contribution is -2.49. The molecule has 2 fully saturated rings. The van der Waals surface area contributed by atoms with Crippen LogP contribution < -0.4 is 0 Å². The molecule has 1 heterocycles. The summed E-state index contributed by atoms with van der Waals surface area (Å²) < 4.78 is 2.46. The van der Waals surface area contributed by atoms with E-state index in [1.807, 2.05) is 0 Å². The van der Waals surface area contributed by atoms with Gasteiger partial charge in [-0.05, 0) is 104 Å². The Morgan fingerprint density at radius 2 is 1.71 bits per heavy atom. The van der Waals surface area contributed by atoms with Gasteiger partial charge in [0.2, 0.25) is 0 Å². The summed E-state index contributed by atoms with van der Waals surface area (Å²) in [6, 6.07) is 14.0. The topological polar surface area (TPSA) is 4.93 Å². The minimum absolute atomic E-state index is 0.312. The third-order valence-corrected chi connectivity index (χ3v) is 10.9. The van der Waals surface area contributed by atoms with Crippen molar-refractivity contribution in [3.8, 4) is 0 Å². The van der Waals surface area contributed by atoms with E-state index in [9.17, 15) is 0 Å². The van der Waals surface area contributed by atoms with Gasteiger partial charge in [-0.25, -0.2) is 0 Å². The molecule has 2 saturated carbocycles. The molecule has 0 N–H and O–H groups in total. The fourth-order valence-corrected chi connectivity index (χ4v) is 8.93. The molecule has 0 aliphatic heterocycles. The molecule has 2 aromatic rings. The fraction of sp³-hybridized carbons (Fsp3) is 0.515. The molecular weight excluding hydrogens is 410 g/mol. The Morgan fingerprint density at radius 3 is 2.47 bits per heavy atom. The zero-order valence-corrected chi connectivity index (χ0v) is 21.3. The minimum atomic E-state index is 0.312. The van der Waals surface area contributed by atoms with E-state index >= 15 is 0 Å². The van der Waals surface area contributed by atoms with Gasteiger partial charge >= 0.3 is 0 Å². The number of hydrogen-bond acceptors (Lipinski definition) is 0. The van der Waals surface area contributed by atoms with Crippen LogP contribution in [0.3, 0.4) is 0 Å². The van der Waals surface area contributed by atoms with Crippen molar-refractivity contribution in [1.82, 2.24) is 4.57 Å². The van der Waals surface area contributed by atoms with Crippen molar-refractivity contribution in [3.63, 3.8) is 0 Å². The molecule has 1 heteroatoms. The van der Waals surface area contributed by atoms with Crippen LogP contribution in [-0.2, 0) is 0 Å². The summed E-state index contributed by atoms with van der Waals surface area (Å²) in [5.74, 6) is 2.82. The molecule has 1 nitrogen and oxygen atoms in total. The van der Waals surface area contributed by atoms with Crippen LogP contribution in [0.2, 0.25) is 0 Å². The van der Waals surface area contributed by atoms with E-state index in [0.717, 1.165) is 17.8 Å². The molecule has 0 radical (unpaired) electrons.